The van der Waals surface area contributed by atoms with Crippen molar-refractivity contribution >= 4 is 75.9 Å². The lowest BCUT2D eigenvalue weighted by molar-refractivity contribution is 1.40. The molecular formula is C9H5Br2IS. The van der Waals surface area contributed by atoms with E-state index in [0.29, 0.717) is 0 Å². The summed E-state index contributed by atoms with van der Waals surface area (Å²) < 4.78 is 3.94. The SMILES string of the molecule is BrCc1c(Br)cc2ccsc2c1I. The van der Waals surface area contributed by atoms with Crippen LogP contribution < -0.4 is 0 Å². The minimum atomic E-state index is 0.902. The van der Waals surface area contributed by atoms with Crippen molar-refractivity contribution in [1.29, 1.82) is 0 Å². The highest BCUT2D eigenvalue weighted by Crippen LogP contribution is 2.34. The van der Waals surface area contributed by atoms with Gasteiger partial charge in [-0.05, 0) is 51.1 Å². The molecule has 1 aromatic carbocycles. The molecule has 0 N–H and O–H groups in total. The molecule has 0 saturated heterocycles. The predicted octanol–water partition coefficient (Wildman–Crippen LogP) is 5.16. The molecule has 0 nitrogen and oxygen atoms in total. The number of halogens is 3. The maximum atomic E-state index is 3.58. The number of rotatable bonds is 1. The van der Waals surface area contributed by atoms with Crippen LogP contribution in [0.4, 0.5) is 0 Å². The second-order valence-electron chi connectivity index (χ2n) is 2.62. The zero-order valence-corrected chi connectivity index (χ0v) is 12.6. The van der Waals surface area contributed by atoms with Crippen LogP contribution in [0.5, 0.6) is 0 Å². The van der Waals surface area contributed by atoms with Crippen molar-refractivity contribution in [3.63, 3.8) is 0 Å². The first-order valence-electron chi connectivity index (χ1n) is 3.64. The Morgan fingerprint density at radius 1 is 1.46 bits per heavy atom. The van der Waals surface area contributed by atoms with Crippen molar-refractivity contribution in [2.45, 2.75) is 5.33 Å². The van der Waals surface area contributed by atoms with Crippen molar-refractivity contribution in [3.05, 3.63) is 31.1 Å². The zero-order chi connectivity index (χ0) is 9.42. The van der Waals surface area contributed by atoms with Crippen molar-refractivity contribution < 1.29 is 0 Å². The topological polar surface area (TPSA) is 0 Å². The Hall–Kier alpha value is 0.870. The smallest absolute Gasteiger partial charge is 0.0480 e. The lowest BCUT2D eigenvalue weighted by Crippen LogP contribution is -1.86. The summed E-state index contributed by atoms with van der Waals surface area (Å²) >= 11 is 11.3. The molecule has 2 aromatic rings. The van der Waals surface area contributed by atoms with Crippen molar-refractivity contribution in [2.75, 3.05) is 0 Å². The summed E-state index contributed by atoms with van der Waals surface area (Å²) in [5.74, 6) is 0. The number of fused-ring (bicyclic) bond motifs is 1. The number of thiophene rings is 1. The van der Waals surface area contributed by atoms with Gasteiger partial charge in [-0.3, -0.25) is 0 Å². The van der Waals surface area contributed by atoms with Gasteiger partial charge in [0.05, 0.1) is 0 Å². The van der Waals surface area contributed by atoms with Gasteiger partial charge in [-0.25, -0.2) is 0 Å². The van der Waals surface area contributed by atoms with Crippen LogP contribution in [0.25, 0.3) is 10.1 Å². The summed E-state index contributed by atoms with van der Waals surface area (Å²) in [6.45, 7) is 0. The van der Waals surface area contributed by atoms with E-state index in [2.05, 4.69) is 72.0 Å². The largest absolute Gasteiger partial charge is 0.143 e. The van der Waals surface area contributed by atoms with Gasteiger partial charge in [0.2, 0.25) is 0 Å². The lowest BCUT2D eigenvalue weighted by atomic mass is 10.2. The van der Waals surface area contributed by atoms with Crippen molar-refractivity contribution in [2.24, 2.45) is 0 Å². The normalized spacial score (nSPS) is 11.0. The minimum absolute atomic E-state index is 0.902. The third-order valence-electron chi connectivity index (χ3n) is 1.86. The zero-order valence-electron chi connectivity index (χ0n) is 6.48. The molecule has 0 radical (unpaired) electrons. The molecule has 0 aliphatic rings. The molecule has 68 valence electrons. The van der Waals surface area contributed by atoms with Crippen molar-refractivity contribution in [1.82, 2.24) is 0 Å². The van der Waals surface area contributed by atoms with Gasteiger partial charge in [-0.2, -0.15) is 0 Å². The molecule has 0 aliphatic heterocycles. The molecule has 13 heavy (non-hydrogen) atoms. The molecule has 0 aliphatic carbocycles. The van der Waals surface area contributed by atoms with Crippen LogP contribution in [-0.4, -0.2) is 0 Å². The predicted molar refractivity (Wildman–Crippen MR) is 74.9 cm³/mol. The van der Waals surface area contributed by atoms with Gasteiger partial charge < -0.3 is 0 Å². The minimum Gasteiger partial charge on any atom is -0.143 e. The van der Waals surface area contributed by atoms with E-state index in [9.17, 15) is 0 Å². The molecule has 0 atom stereocenters. The second kappa shape index (κ2) is 4.16. The van der Waals surface area contributed by atoms with Gasteiger partial charge in [-0.1, -0.05) is 31.9 Å². The molecular weight excluding hydrogens is 427 g/mol. The highest BCUT2D eigenvalue weighted by atomic mass is 127. The highest BCUT2D eigenvalue weighted by Gasteiger charge is 2.09. The fourth-order valence-corrected chi connectivity index (χ4v) is 5.65. The monoisotopic (exact) mass is 430 g/mol. The average Bonchev–Trinajstić information content (AvgIpc) is 2.53. The van der Waals surface area contributed by atoms with Gasteiger partial charge in [0.15, 0.2) is 0 Å². The summed E-state index contributed by atoms with van der Waals surface area (Å²) in [7, 11) is 0. The van der Waals surface area contributed by atoms with Crippen molar-refractivity contribution in [3.8, 4) is 0 Å². The van der Waals surface area contributed by atoms with Crippen LogP contribution in [0.1, 0.15) is 5.56 Å². The summed E-state index contributed by atoms with van der Waals surface area (Å²) in [4.78, 5) is 0. The van der Waals surface area contributed by atoms with Gasteiger partial charge in [-0.15, -0.1) is 11.3 Å². The van der Waals surface area contributed by atoms with E-state index < -0.39 is 0 Å². The van der Waals surface area contributed by atoms with Gasteiger partial charge in [0.25, 0.3) is 0 Å². The molecule has 2 rings (SSSR count). The second-order valence-corrected chi connectivity index (χ2v) is 6.03. The number of hydrogen-bond donors (Lipinski definition) is 0. The van der Waals surface area contributed by atoms with E-state index in [1.54, 1.807) is 11.3 Å². The Kier molecular flexibility index (Phi) is 3.33. The quantitative estimate of drug-likeness (QED) is 0.432. The fraction of sp³-hybridized carbons (Fsp3) is 0.111. The standard InChI is InChI=1S/C9H5Br2IS/c10-4-6-7(11)3-5-1-2-13-9(5)8(6)12/h1-3H,4H2. The summed E-state index contributed by atoms with van der Waals surface area (Å²) in [5, 5.41) is 4.36. The Balaban J connectivity index is 2.85. The van der Waals surface area contributed by atoms with Crippen LogP contribution in [0, 0.1) is 3.57 Å². The summed E-state index contributed by atoms with van der Waals surface area (Å²) in [5.41, 5.74) is 1.34. The number of hydrogen-bond acceptors (Lipinski definition) is 1. The Labute approximate surface area is 111 Å². The van der Waals surface area contributed by atoms with Gasteiger partial charge in [0, 0.05) is 18.1 Å². The molecule has 0 fully saturated rings. The number of alkyl halides is 1. The fourth-order valence-electron chi connectivity index (χ4n) is 1.20. The number of benzene rings is 1. The average molecular weight is 432 g/mol. The molecule has 1 aromatic heterocycles. The third-order valence-corrected chi connectivity index (χ3v) is 5.64. The maximum Gasteiger partial charge on any atom is 0.0480 e. The van der Waals surface area contributed by atoms with Crippen LogP contribution in [0.15, 0.2) is 22.0 Å². The maximum absolute atomic E-state index is 3.58. The lowest BCUT2D eigenvalue weighted by Gasteiger charge is -2.04. The Bertz CT molecular complexity index is 450. The van der Waals surface area contributed by atoms with Gasteiger partial charge in [0.1, 0.15) is 0 Å². The molecule has 4 heteroatoms. The Morgan fingerprint density at radius 3 is 2.92 bits per heavy atom. The van der Waals surface area contributed by atoms with Crippen LogP contribution in [0.3, 0.4) is 0 Å². The van der Waals surface area contributed by atoms with E-state index in [-0.39, 0.29) is 0 Å². The first-order valence-corrected chi connectivity index (χ1v) is 7.51. The van der Waals surface area contributed by atoms with Crippen LogP contribution >= 0.6 is 65.8 Å². The summed E-state index contributed by atoms with van der Waals surface area (Å²) in [6, 6.07) is 4.34. The molecule has 0 bridgehead atoms. The third kappa shape index (κ3) is 1.82. The van der Waals surface area contributed by atoms with Crippen LogP contribution in [-0.2, 0) is 5.33 Å². The van der Waals surface area contributed by atoms with E-state index in [4.69, 9.17) is 0 Å². The van der Waals surface area contributed by atoms with Crippen LogP contribution in [0.2, 0.25) is 0 Å². The molecule has 0 unspecified atom stereocenters. The van der Waals surface area contributed by atoms with E-state index in [1.165, 1.54) is 23.7 Å². The first kappa shape index (κ1) is 10.4. The van der Waals surface area contributed by atoms with E-state index in [0.717, 1.165) is 5.33 Å². The molecule has 0 spiro atoms. The van der Waals surface area contributed by atoms with E-state index in [1.807, 2.05) is 0 Å². The van der Waals surface area contributed by atoms with E-state index >= 15 is 0 Å². The first-order chi connectivity index (χ1) is 6.24. The Morgan fingerprint density at radius 2 is 2.23 bits per heavy atom. The van der Waals surface area contributed by atoms with Gasteiger partial charge >= 0.3 is 0 Å². The molecule has 1 heterocycles. The summed E-state index contributed by atoms with van der Waals surface area (Å²) in [6.07, 6.45) is 0. The molecule has 0 amide bonds. The highest BCUT2D eigenvalue weighted by molar-refractivity contribution is 14.1. The molecule has 0 saturated carbocycles.